The van der Waals surface area contributed by atoms with Gasteiger partial charge in [-0.3, -0.25) is 9.69 Å². The fourth-order valence-electron chi connectivity index (χ4n) is 4.10. The van der Waals surface area contributed by atoms with Crippen LogP contribution in [-0.4, -0.2) is 67.8 Å². The minimum atomic E-state index is -1.43. The van der Waals surface area contributed by atoms with Crippen LogP contribution in [0, 0.1) is 11.3 Å². The normalized spacial score (nSPS) is 30.3. The van der Waals surface area contributed by atoms with E-state index in [1.165, 1.54) is 16.7 Å². The maximum absolute atomic E-state index is 13.2. The summed E-state index contributed by atoms with van der Waals surface area (Å²) in [4.78, 5) is 27.3. The van der Waals surface area contributed by atoms with Gasteiger partial charge in [-0.15, -0.1) is 11.8 Å². The molecule has 0 aliphatic carbocycles. The van der Waals surface area contributed by atoms with Crippen LogP contribution in [0.1, 0.15) is 34.1 Å². The van der Waals surface area contributed by atoms with E-state index in [1.54, 1.807) is 0 Å². The quantitative estimate of drug-likeness (QED) is 0.513. The van der Waals surface area contributed by atoms with Gasteiger partial charge in [0.05, 0.1) is 37.4 Å². The first-order chi connectivity index (χ1) is 13.0. The molecule has 0 spiro atoms. The van der Waals surface area contributed by atoms with Crippen LogP contribution in [0.5, 0.6) is 0 Å². The van der Waals surface area contributed by atoms with Crippen molar-refractivity contribution in [3.8, 4) is 0 Å². The third-order valence-corrected chi connectivity index (χ3v) is 8.21. The van der Waals surface area contributed by atoms with Crippen LogP contribution in [0.25, 0.3) is 0 Å². The smallest absolute Gasteiger partial charge is 0.353 e. The molecule has 2 unspecified atom stereocenters. The summed E-state index contributed by atoms with van der Waals surface area (Å²) >= 11 is 1.48. The van der Waals surface area contributed by atoms with Gasteiger partial charge in [0.25, 0.3) is 0 Å². The lowest BCUT2D eigenvalue weighted by molar-refractivity contribution is -0.173. The number of amides is 1. The van der Waals surface area contributed by atoms with E-state index in [4.69, 9.17) is 13.9 Å². The summed E-state index contributed by atoms with van der Waals surface area (Å²) in [5.41, 5.74) is -0.810. The van der Waals surface area contributed by atoms with Gasteiger partial charge in [0.1, 0.15) is 11.1 Å². The second-order valence-corrected chi connectivity index (χ2v) is 12.6. The van der Waals surface area contributed by atoms with E-state index < -0.39 is 20.6 Å². The number of fused-ring (bicyclic) bond motifs is 1. The maximum Gasteiger partial charge on any atom is 0.353 e. The molecule has 1 amide bonds. The van der Waals surface area contributed by atoms with E-state index in [2.05, 4.69) is 33.9 Å². The third kappa shape index (κ3) is 3.67. The van der Waals surface area contributed by atoms with Crippen molar-refractivity contribution in [1.82, 2.24) is 4.90 Å². The summed E-state index contributed by atoms with van der Waals surface area (Å²) in [6, 6.07) is 0. The number of carbonyl (C=O) groups excluding carboxylic acids is 1. The second-order valence-electron chi connectivity index (χ2n) is 9.07. The van der Waals surface area contributed by atoms with E-state index in [0.717, 1.165) is 0 Å². The van der Waals surface area contributed by atoms with Gasteiger partial charge in [-0.25, -0.2) is 4.79 Å². The molecule has 1 N–H and O–H groups in total. The van der Waals surface area contributed by atoms with Gasteiger partial charge < -0.3 is 19.0 Å². The SMILES string of the molecule is C[SiH](C)OC(C)([C@H]1C(=O)N2C(C(=O)O)=C(CC3COCCO3)S[C@H]12)C(C)(C)C. The fourth-order valence-corrected chi connectivity index (χ4v) is 7.28. The molecule has 7 nitrogen and oxygen atoms in total. The van der Waals surface area contributed by atoms with Crippen molar-refractivity contribution < 1.29 is 28.6 Å². The van der Waals surface area contributed by atoms with Gasteiger partial charge in [0.2, 0.25) is 5.91 Å². The molecular weight excluding hydrogens is 398 g/mol. The molecular formula is C19H31NO6SSi. The number of carboxylic acids is 1. The summed E-state index contributed by atoms with van der Waals surface area (Å²) in [6.07, 6.45) is 0.275. The number of ether oxygens (including phenoxy) is 2. The number of hydrogen-bond donors (Lipinski definition) is 1. The first kappa shape index (κ1) is 21.8. The van der Waals surface area contributed by atoms with Crippen LogP contribution >= 0.6 is 11.8 Å². The third-order valence-electron chi connectivity index (χ3n) is 5.87. The van der Waals surface area contributed by atoms with E-state index in [0.29, 0.717) is 31.1 Å². The Kier molecular flexibility index (Phi) is 6.04. The van der Waals surface area contributed by atoms with Crippen molar-refractivity contribution in [1.29, 1.82) is 0 Å². The number of β-lactam (4-membered cyclic amide) rings is 1. The fraction of sp³-hybridized carbons (Fsp3) is 0.789. The lowest BCUT2D eigenvalue weighted by Crippen LogP contribution is -2.69. The lowest BCUT2D eigenvalue weighted by atomic mass is 9.66. The average molecular weight is 430 g/mol. The van der Waals surface area contributed by atoms with Crippen LogP contribution in [0.4, 0.5) is 0 Å². The molecule has 3 aliphatic heterocycles. The van der Waals surface area contributed by atoms with E-state index >= 15 is 0 Å². The Morgan fingerprint density at radius 1 is 1.32 bits per heavy atom. The van der Waals surface area contributed by atoms with E-state index in [9.17, 15) is 14.7 Å². The minimum absolute atomic E-state index is 0.100. The van der Waals surface area contributed by atoms with Crippen molar-refractivity contribution in [2.45, 2.75) is 64.3 Å². The molecule has 28 heavy (non-hydrogen) atoms. The summed E-state index contributed by atoms with van der Waals surface area (Å²) < 4.78 is 17.6. The Bertz CT molecular complexity index is 684. The number of carboxylic acid groups (broad SMARTS) is 1. The summed E-state index contributed by atoms with van der Waals surface area (Å²) in [5.74, 6) is -1.59. The Labute approximate surface area is 172 Å². The predicted molar refractivity (Wildman–Crippen MR) is 109 cm³/mol. The average Bonchev–Trinajstić information content (AvgIpc) is 2.88. The highest BCUT2D eigenvalue weighted by Gasteiger charge is 2.65. The Morgan fingerprint density at radius 3 is 2.50 bits per heavy atom. The van der Waals surface area contributed by atoms with Crippen molar-refractivity contribution in [2.75, 3.05) is 19.8 Å². The largest absolute Gasteiger partial charge is 0.477 e. The predicted octanol–water partition coefficient (Wildman–Crippen LogP) is 2.42. The molecule has 3 heterocycles. The monoisotopic (exact) mass is 429 g/mol. The van der Waals surface area contributed by atoms with Gasteiger partial charge in [-0.05, 0) is 25.4 Å². The summed E-state index contributed by atoms with van der Waals surface area (Å²) in [5, 5.41) is 9.55. The molecule has 3 aliphatic rings. The molecule has 0 aromatic carbocycles. The molecule has 3 rings (SSSR count). The van der Waals surface area contributed by atoms with Gasteiger partial charge >= 0.3 is 5.97 Å². The highest BCUT2D eigenvalue weighted by atomic mass is 32.2. The van der Waals surface area contributed by atoms with Gasteiger partial charge in [-0.2, -0.15) is 0 Å². The first-order valence-corrected chi connectivity index (χ1v) is 13.5. The molecule has 0 saturated carbocycles. The zero-order valence-corrected chi connectivity index (χ0v) is 19.5. The number of nitrogens with zero attached hydrogens (tertiary/aromatic N) is 1. The lowest BCUT2D eigenvalue weighted by Gasteiger charge is -2.56. The molecule has 0 aromatic rings. The van der Waals surface area contributed by atoms with Crippen LogP contribution in [0.3, 0.4) is 0 Å². The standard InChI is InChI=1S/C19H31NO6SSi/c1-18(2,3)19(4,26-28(5)6)13-15(21)20-14(17(22)23)12(27-16(13)20)9-11-10-24-7-8-25-11/h11,13,16,28H,7-10H2,1-6H3,(H,22,23)/t11?,13-,16+,19?/m0/s1. The molecule has 0 aromatic heterocycles. The highest BCUT2D eigenvalue weighted by Crippen LogP contribution is 2.57. The topological polar surface area (TPSA) is 85.3 Å². The van der Waals surface area contributed by atoms with Crippen LogP contribution < -0.4 is 0 Å². The maximum atomic E-state index is 13.2. The van der Waals surface area contributed by atoms with Crippen LogP contribution in [0.15, 0.2) is 10.6 Å². The summed E-state index contributed by atoms with van der Waals surface area (Å²) in [6.45, 7) is 14.0. The van der Waals surface area contributed by atoms with Crippen molar-refractivity contribution >= 4 is 32.7 Å². The van der Waals surface area contributed by atoms with Crippen LogP contribution in [-0.2, 0) is 23.5 Å². The number of hydrogen-bond acceptors (Lipinski definition) is 6. The number of carbonyl (C=O) groups is 2. The number of rotatable bonds is 6. The Hall–Kier alpha value is -0.873. The van der Waals surface area contributed by atoms with E-state index in [-0.39, 0.29) is 34.4 Å². The van der Waals surface area contributed by atoms with Gasteiger partial charge in [0.15, 0.2) is 9.04 Å². The Morgan fingerprint density at radius 2 is 2.00 bits per heavy atom. The molecule has 9 heteroatoms. The molecule has 2 saturated heterocycles. The van der Waals surface area contributed by atoms with Crippen molar-refractivity contribution in [3.63, 3.8) is 0 Å². The van der Waals surface area contributed by atoms with Crippen molar-refractivity contribution in [2.24, 2.45) is 11.3 Å². The van der Waals surface area contributed by atoms with Crippen molar-refractivity contribution in [3.05, 3.63) is 10.6 Å². The first-order valence-electron chi connectivity index (χ1n) is 9.80. The molecule has 4 atom stereocenters. The number of thioether (sulfide) groups is 1. The van der Waals surface area contributed by atoms with Crippen LogP contribution in [0.2, 0.25) is 13.1 Å². The highest BCUT2D eigenvalue weighted by molar-refractivity contribution is 8.04. The minimum Gasteiger partial charge on any atom is -0.477 e. The van der Waals surface area contributed by atoms with Gasteiger partial charge in [-0.1, -0.05) is 20.8 Å². The molecule has 2 fully saturated rings. The zero-order valence-electron chi connectivity index (χ0n) is 17.5. The number of aliphatic carboxylic acids is 1. The van der Waals surface area contributed by atoms with Gasteiger partial charge in [0, 0.05) is 11.3 Å². The second kappa shape index (κ2) is 7.75. The zero-order chi connectivity index (χ0) is 20.9. The molecule has 0 bridgehead atoms. The van der Waals surface area contributed by atoms with E-state index in [1.807, 2.05) is 6.92 Å². The molecule has 0 radical (unpaired) electrons. The molecule has 158 valence electrons. The summed E-state index contributed by atoms with van der Waals surface area (Å²) in [7, 11) is -1.43. The Balaban J connectivity index is 1.87.